The summed E-state index contributed by atoms with van der Waals surface area (Å²) < 4.78 is 36.8. The Labute approximate surface area is 427 Å². The highest BCUT2D eigenvalue weighted by Gasteiger charge is 2.47. The van der Waals surface area contributed by atoms with E-state index in [0.717, 1.165) is 4.90 Å². The van der Waals surface area contributed by atoms with E-state index in [4.69, 9.17) is 16.2 Å². The number of amides is 5. The highest BCUT2D eigenvalue weighted by atomic mass is 19.3. The Balaban J connectivity index is 1.03. The fraction of sp³-hybridized carbons (Fsp3) is 0.479. The summed E-state index contributed by atoms with van der Waals surface area (Å²) in [5.41, 5.74) is 11.1. The molecule has 3 atom stereocenters. The molecule has 75 heavy (non-hydrogen) atoms. The first-order valence-electron chi connectivity index (χ1n) is 23.9. The first-order valence-corrected chi connectivity index (χ1v) is 23.9. The second-order valence-electron chi connectivity index (χ2n) is 18.3. The number of hydrogen-bond acceptors (Lipinski definition) is 16. The van der Waals surface area contributed by atoms with Crippen molar-refractivity contribution < 1.29 is 66.9 Å². The first-order chi connectivity index (χ1) is 35.7. The molecule has 1 aromatic carbocycles. The minimum atomic E-state index is -3.17. The molecule has 5 heterocycles. The number of ketones is 2. The van der Waals surface area contributed by atoms with E-state index in [1.54, 1.807) is 34.1 Å². The van der Waals surface area contributed by atoms with Gasteiger partial charge in [0.2, 0.25) is 29.5 Å². The van der Waals surface area contributed by atoms with Crippen LogP contribution in [0.5, 0.6) is 5.75 Å². The van der Waals surface area contributed by atoms with E-state index in [0.29, 0.717) is 74.1 Å². The summed E-state index contributed by atoms with van der Waals surface area (Å²) in [7, 11) is 0. The molecular formula is C48H57F2N13O12. The molecule has 2 aliphatic rings. The summed E-state index contributed by atoms with van der Waals surface area (Å²) in [6.45, 7) is 0.922. The number of ether oxygens (including phenoxy) is 1. The van der Waals surface area contributed by atoms with Crippen molar-refractivity contribution in [2.45, 2.75) is 89.1 Å². The average molecular weight is 1050 g/mol. The van der Waals surface area contributed by atoms with E-state index in [2.05, 4.69) is 25.2 Å². The number of nitriles is 1. The number of carbonyl (C=O) groups is 9. The van der Waals surface area contributed by atoms with Gasteiger partial charge in [-0.25, -0.2) is 23.5 Å². The van der Waals surface area contributed by atoms with Crippen molar-refractivity contribution in [1.29, 1.82) is 5.26 Å². The number of aliphatic carboxylic acids is 2. The third-order valence-corrected chi connectivity index (χ3v) is 12.6. The number of aromatic nitrogens is 5. The van der Waals surface area contributed by atoms with Crippen molar-refractivity contribution in [2.24, 2.45) is 17.4 Å². The lowest BCUT2D eigenvalue weighted by atomic mass is 9.98. The van der Waals surface area contributed by atoms with Crippen LogP contribution in [0.2, 0.25) is 0 Å². The van der Waals surface area contributed by atoms with E-state index in [-0.39, 0.29) is 50.5 Å². The maximum Gasteiger partial charge on any atom is 0.326 e. The van der Waals surface area contributed by atoms with Crippen LogP contribution >= 0.6 is 0 Å². The fourth-order valence-corrected chi connectivity index (χ4v) is 8.80. The number of Topliss-reactive ketones (excluding diaryl/α,β-unsaturated/α-hetero) is 2. The highest BCUT2D eigenvalue weighted by Crippen LogP contribution is 2.32. The van der Waals surface area contributed by atoms with E-state index < -0.39 is 110 Å². The summed E-state index contributed by atoms with van der Waals surface area (Å²) in [5, 5.41) is 31.0. The number of pyridine rings is 1. The number of fused-ring (bicyclic) bond motifs is 1. The number of nitrogens with two attached hydrogens (primary N) is 2. The standard InChI is InChI=1S/C48H57F2N13O12/c49-48(50)22-31(23-51)63(29-48)44(69)5-4-38(65)34-6-7-54-36-3-2-33(20-35(34)36)75-17-1-10-58-13-15-60(16-14-58)45(70)28-59(25-41-55-8-11-61(41)24-32(64)18-30(46(71)72)19-39(52)66)26-42-56-9-12-62(42)27-43(68)57-37(47(73)74)21-40(53)67/h2-3,6-9,11-12,20,30-31,37H,1,4-5,10,13-19,21-22,24-29H2,(H2,52,66)(H2,53,67)(H,57,68)(H,71,72)(H,73,74)/t30-,31-,37-/m0/s1. The Bertz CT molecular complexity index is 2730. The normalized spacial score (nSPS) is 16.3. The fourth-order valence-electron chi connectivity index (χ4n) is 8.80. The third-order valence-electron chi connectivity index (χ3n) is 12.6. The second-order valence-corrected chi connectivity index (χ2v) is 18.3. The number of imidazole rings is 2. The molecule has 2 aliphatic heterocycles. The van der Waals surface area contributed by atoms with Crippen LogP contribution in [-0.2, 0) is 64.5 Å². The van der Waals surface area contributed by atoms with Crippen molar-refractivity contribution in [1.82, 2.24) is 49.0 Å². The topological polar surface area (TPSA) is 353 Å². The van der Waals surface area contributed by atoms with Crippen LogP contribution in [0.3, 0.4) is 0 Å². The molecule has 2 fully saturated rings. The number of carboxylic acid groups (broad SMARTS) is 2. The number of rotatable bonds is 28. The van der Waals surface area contributed by atoms with Crippen LogP contribution in [0.15, 0.2) is 55.2 Å². The van der Waals surface area contributed by atoms with Gasteiger partial charge < -0.3 is 50.7 Å². The van der Waals surface area contributed by atoms with Gasteiger partial charge in [0.15, 0.2) is 11.6 Å². The Kier molecular flexibility index (Phi) is 19.1. The number of hydrogen-bond donors (Lipinski definition) is 5. The van der Waals surface area contributed by atoms with E-state index in [1.807, 2.05) is 0 Å². The summed E-state index contributed by atoms with van der Waals surface area (Å²) >= 11 is 0. The van der Waals surface area contributed by atoms with Crippen molar-refractivity contribution in [3.05, 3.63) is 72.5 Å². The number of benzene rings is 1. The zero-order valence-electron chi connectivity index (χ0n) is 40.7. The van der Waals surface area contributed by atoms with Crippen LogP contribution in [0, 0.1) is 17.2 Å². The van der Waals surface area contributed by atoms with Gasteiger partial charge in [-0.3, -0.25) is 53.1 Å². The van der Waals surface area contributed by atoms with Gasteiger partial charge in [0.05, 0.1) is 63.3 Å². The smallest absolute Gasteiger partial charge is 0.326 e. The van der Waals surface area contributed by atoms with Gasteiger partial charge in [-0.15, -0.1) is 0 Å². The van der Waals surface area contributed by atoms with Crippen molar-refractivity contribution in [2.75, 3.05) is 52.4 Å². The SMILES string of the molecule is N#C[C@@H]1CC(F)(F)CN1C(=O)CCC(=O)c1ccnc2ccc(OCCCN3CCN(C(=O)CN(Cc4nccn4CC(=O)C[C@@H](CC(N)=O)C(=O)O)Cc4nccn4CC(=O)N[C@@H](CC(N)=O)C(=O)O)CC3)cc12. The molecule has 6 rings (SSSR count). The lowest BCUT2D eigenvalue weighted by molar-refractivity contribution is -0.145. The number of nitrogens with zero attached hydrogens (tertiary/aromatic N) is 10. The molecule has 0 bridgehead atoms. The molecule has 0 saturated carbocycles. The molecule has 0 aliphatic carbocycles. The molecule has 400 valence electrons. The van der Waals surface area contributed by atoms with Crippen LogP contribution in [0.4, 0.5) is 8.78 Å². The molecule has 2 saturated heterocycles. The Morgan fingerprint density at radius 2 is 1.51 bits per heavy atom. The van der Waals surface area contributed by atoms with Crippen molar-refractivity contribution >= 4 is 63.9 Å². The monoisotopic (exact) mass is 1050 g/mol. The van der Waals surface area contributed by atoms with Gasteiger partial charge in [-0.2, -0.15) is 5.26 Å². The van der Waals surface area contributed by atoms with Gasteiger partial charge in [0.25, 0.3) is 5.92 Å². The molecule has 0 radical (unpaired) electrons. The largest absolute Gasteiger partial charge is 0.494 e. The number of alkyl halides is 2. The summed E-state index contributed by atoms with van der Waals surface area (Å²) in [6.07, 6.45) is 4.89. The molecule has 0 spiro atoms. The molecule has 5 amide bonds. The van der Waals surface area contributed by atoms with Gasteiger partial charge in [0.1, 0.15) is 36.0 Å². The number of nitrogens with one attached hydrogen (secondary N) is 1. The summed E-state index contributed by atoms with van der Waals surface area (Å²) in [4.78, 5) is 132. The summed E-state index contributed by atoms with van der Waals surface area (Å²) in [6, 6.07) is 5.50. The van der Waals surface area contributed by atoms with E-state index in [9.17, 15) is 67.4 Å². The third kappa shape index (κ3) is 16.1. The number of primary amides is 2. The van der Waals surface area contributed by atoms with Crippen molar-refractivity contribution in [3.8, 4) is 11.8 Å². The molecule has 4 aromatic rings. The lowest BCUT2D eigenvalue weighted by Gasteiger charge is -2.35. The lowest BCUT2D eigenvalue weighted by Crippen LogP contribution is -2.51. The van der Waals surface area contributed by atoms with Gasteiger partial charge in [0, 0.05) is 107 Å². The zero-order valence-corrected chi connectivity index (χ0v) is 40.7. The van der Waals surface area contributed by atoms with Crippen LogP contribution in [0.1, 0.15) is 67.0 Å². The minimum Gasteiger partial charge on any atom is -0.494 e. The predicted octanol–water partition coefficient (Wildman–Crippen LogP) is -0.0538. The molecule has 3 aromatic heterocycles. The van der Waals surface area contributed by atoms with E-state index in [1.165, 1.54) is 46.2 Å². The first kappa shape index (κ1) is 56.1. The average Bonchev–Trinajstić information content (AvgIpc) is 4.08. The highest BCUT2D eigenvalue weighted by molar-refractivity contribution is 6.08. The number of halogens is 2. The van der Waals surface area contributed by atoms with Gasteiger partial charge in [-0.05, 0) is 30.7 Å². The van der Waals surface area contributed by atoms with Crippen LogP contribution in [0.25, 0.3) is 10.9 Å². The Morgan fingerprint density at radius 3 is 2.13 bits per heavy atom. The van der Waals surface area contributed by atoms with Crippen LogP contribution in [-0.4, -0.2) is 177 Å². The number of carbonyl (C=O) groups excluding carboxylic acids is 7. The Morgan fingerprint density at radius 1 is 0.840 bits per heavy atom. The number of carboxylic acids is 2. The van der Waals surface area contributed by atoms with E-state index >= 15 is 0 Å². The molecule has 25 nitrogen and oxygen atoms in total. The quantitative estimate of drug-likeness (QED) is 0.0368. The zero-order chi connectivity index (χ0) is 54.4. The minimum absolute atomic E-state index is 0.0319. The van der Waals surface area contributed by atoms with Crippen LogP contribution < -0.4 is 21.5 Å². The maximum absolute atomic E-state index is 14.0. The van der Waals surface area contributed by atoms with Gasteiger partial charge in [-0.1, -0.05) is 0 Å². The number of piperazine rings is 1. The molecule has 0 unspecified atom stereocenters. The summed E-state index contributed by atoms with van der Waals surface area (Å²) in [5.74, 6) is -10.7. The second kappa shape index (κ2) is 25.6. The molecule has 27 heteroatoms. The molecule has 7 N–H and O–H groups in total. The molecular weight excluding hydrogens is 989 g/mol. The number of likely N-dealkylation sites (tertiary alicyclic amines) is 1. The van der Waals surface area contributed by atoms with Gasteiger partial charge >= 0.3 is 11.9 Å². The van der Waals surface area contributed by atoms with Crippen molar-refractivity contribution in [3.63, 3.8) is 0 Å². The Hall–Kier alpha value is -8.25. The maximum atomic E-state index is 14.0. The predicted molar refractivity (Wildman–Crippen MR) is 256 cm³/mol.